The van der Waals surface area contributed by atoms with E-state index in [1.807, 2.05) is 49.4 Å². The summed E-state index contributed by atoms with van der Waals surface area (Å²) in [6.45, 7) is 1.89. The van der Waals surface area contributed by atoms with E-state index in [-0.39, 0.29) is 10.8 Å². The van der Waals surface area contributed by atoms with Crippen LogP contribution in [0.2, 0.25) is 0 Å². The molecule has 5 nitrogen and oxygen atoms in total. The van der Waals surface area contributed by atoms with E-state index < -0.39 is 10.0 Å². The summed E-state index contributed by atoms with van der Waals surface area (Å²) in [5, 5.41) is 5.01. The molecule has 0 saturated carbocycles. The molecule has 1 amide bonds. The largest absolute Gasteiger partial charge is 0.322 e. The molecule has 0 aromatic heterocycles. The molecule has 0 heterocycles. The lowest BCUT2D eigenvalue weighted by Gasteiger charge is -2.10. The minimum absolute atomic E-state index is 0.186. The molecule has 4 rings (SSSR count). The van der Waals surface area contributed by atoms with Crippen LogP contribution in [0.5, 0.6) is 0 Å². The first kappa shape index (κ1) is 19.7. The highest BCUT2D eigenvalue weighted by Gasteiger charge is 2.14. The van der Waals surface area contributed by atoms with Crippen LogP contribution in [0.15, 0.2) is 95.9 Å². The number of aryl methyl sites for hydroxylation is 1. The number of anilines is 2. The predicted octanol–water partition coefficient (Wildman–Crippen LogP) is 5.20. The highest BCUT2D eigenvalue weighted by atomic mass is 32.2. The molecule has 0 atom stereocenters. The van der Waals surface area contributed by atoms with Crippen LogP contribution in [-0.4, -0.2) is 14.3 Å². The minimum atomic E-state index is -3.68. The molecule has 4 aromatic rings. The van der Waals surface area contributed by atoms with Gasteiger partial charge in [0.25, 0.3) is 15.9 Å². The minimum Gasteiger partial charge on any atom is -0.322 e. The molecule has 150 valence electrons. The summed E-state index contributed by atoms with van der Waals surface area (Å²) in [5.41, 5.74) is 2.50. The van der Waals surface area contributed by atoms with Crippen molar-refractivity contribution in [1.82, 2.24) is 0 Å². The van der Waals surface area contributed by atoms with Crippen molar-refractivity contribution in [2.24, 2.45) is 0 Å². The number of amides is 1. The van der Waals surface area contributed by atoms with Gasteiger partial charge in [-0.15, -0.1) is 0 Å². The first-order valence-corrected chi connectivity index (χ1v) is 10.9. The molecule has 6 heteroatoms. The summed E-state index contributed by atoms with van der Waals surface area (Å²) in [4.78, 5) is 12.7. The van der Waals surface area contributed by atoms with E-state index in [4.69, 9.17) is 0 Å². The third-order valence-corrected chi connectivity index (χ3v) is 6.14. The number of hydrogen-bond donors (Lipinski definition) is 2. The molecule has 0 saturated heterocycles. The Kier molecular flexibility index (Phi) is 5.25. The maximum Gasteiger partial charge on any atom is 0.261 e. The Labute approximate surface area is 175 Å². The zero-order valence-corrected chi connectivity index (χ0v) is 17.1. The van der Waals surface area contributed by atoms with Crippen molar-refractivity contribution in [3.63, 3.8) is 0 Å². The quantitative estimate of drug-likeness (QED) is 0.469. The van der Waals surface area contributed by atoms with Crippen LogP contribution in [-0.2, 0) is 10.0 Å². The van der Waals surface area contributed by atoms with Crippen LogP contribution in [0.25, 0.3) is 10.8 Å². The maximum atomic E-state index is 12.6. The predicted molar refractivity (Wildman–Crippen MR) is 120 cm³/mol. The fourth-order valence-corrected chi connectivity index (χ4v) is 4.15. The molecule has 4 aromatic carbocycles. The Morgan fingerprint density at radius 2 is 1.37 bits per heavy atom. The van der Waals surface area contributed by atoms with Crippen LogP contribution in [0.4, 0.5) is 11.4 Å². The lowest BCUT2D eigenvalue weighted by Crippen LogP contribution is -2.14. The van der Waals surface area contributed by atoms with E-state index in [0.29, 0.717) is 16.9 Å². The van der Waals surface area contributed by atoms with Crippen LogP contribution in [0.3, 0.4) is 0 Å². The monoisotopic (exact) mass is 416 g/mol. The van der Waals surface area contributed by atoms with Gasteiger partial charge in [-0.05, 0) is 66.2 Å². The van der Waals surface area contributed by atoms with Crippen LogP contribution in [0.1, 0.15) is 15.9 Å². The van der Waals surface area contributed by atoms with Gasteiger partial charge >= 0.3 is 0 Å². The molecular formula is C24H20N2O3S. The van der Waals surface area contributed by atoms with E-state index in [9.17, 15) is 13.2 Å². The molecular weight excluding hydrogens is 396 g/mol. The van der Waals surface area contributed by atoms with Gasteiger partial charge in [-0.2, -0.15) is 0 Å². The summed E-state index contributed by atoms with van der Waals surface area (Å²) >= 11 is 0. The van der Waals surface area contributed by atoms with E-state index in [2.05, 4.69) is 10.0 Å². The molecule has 0 aliphatic carbocycles. The average Bonchev–Trinajstić information content (AvgIpc) is 2.74. The Hall–Kier alpha value is -3.64. The number of hydrogen-bond acceptors (Lipinski definition) is 3. The number of nitrogens with one attached hydrogen (secondary N) is 2. The summed E-state index contributed by atoms with van der Waals surface area (Å²) in [5.74, 6) is -0.266. The molecule has 2 N–H and O–H groups in total. The van der Waals surface area contributed by atoms with Gasteiger partial charge in [-0.1, -0.05) is 48.0 Å². The highest BCUT2D eigenvalue weighted by Crippen LogP contribution is 2.21. The lowest BCUT2D eigenvalue weighted by atomic mass is 10.1. The van der Waals surface area contributed by atoms with Crippen molar-refractivity contribution in [2.75, 3.05) is 10.0 Å². The van der Waals surface area contributed by atoms with E-state index in [1.54, 1.807) is 48.5 Å². The number of fused-ring (bicyclic) bond motifs is 1. The smallest absolute Gasteiger partial charge is 0.261 e. The molecule has 0 unspecified atom stereocenters. The van der Waals surface area contributed by atoms with Gasteiger partial charge in [0.2, 0.25) is 0 Å². The molecule has 0 spiro atoms. The van der Waals surface area contributed by atoms with Crippen molar-refractivity contribution in [1.29, 1.82) is 0 Å². The van der Waals surface area contributed by atoms with Crippen molar-refractivity contribution in [3.05, 3.63) is 102 Å². The van der Waals surface area contributed by atoms with Gasteiger partial charge in [-0.25, -0.2) is 8.42 Å². The zero-order chi connectivity index (χ0) is 21.1. The molecule has 0 aliphatic rings. The van der Waals surface area contributed by atoms with Gasteiger partial charge in [0.1, 0.15) is 0 Å². The van der Waals surface area contributed by atoms with E-state index in [1.165, 1.54) is 0 Å². The van der Waals surface area contributed by atoms with Gasteiger partial charge in [0.15, 0.2) is 0 Å². The van der Waals surface area contributed by atoms with Crippen molar-refractivity contribution in [3.8, 4) is 0 Å². The van der Waals surface area contributed by atoms with Crippen LogP contribution >= 0.6 is 0 Å². The third-order valence-electron chi connectivity index (χ3n) is 4.74. The number of carbonyl (C=O) groups excluding carboxylic acids is 1. The fraction of sp³-hybridized carbons (Fsp3) is 0.0417. The number of benzene rings is 4. The second-order valence-corrected chi connectivity index (χ2v) is 8.69. The maximum absolute atomic E-state index is 12.6. The zero-order valence-electron chi connectivity index (χ0n) is 16.3. The standard InChI is InChI=1S/C24H20N2O3S/c1-17-6-14-23(15-7-17)30(28,29)26-21-11-9-19(10-12-21)24(27)25-22-13-8-18-4-2-3-5-20(18)16-22/h2-16,26H,1H3,(H,25,27). The summed E-state index contributed by atoms with van der Waals surface area (Å²) in [6, 6.07) is 26.6. The normalized spacial score (nSPS) is 11.2. The summed E-state index contributed by atoms with van der Waals surface area (Å²) < 4.78 is 27.5. The molecule has 0 radical (unpaired) electrons. The van der Waals surface area contributed by atoms with E-state index >= 15 is 0 Å². The number of carbonyl (C=O) groups is 1. The Bertz CT molecular complexity index is 1310. The second-order valence-electron chi connectivity index (χ2n) is 7.01. The summed E-state index contributed by atoms with van der Waals surface area (Å²) in [6.07, 6.45) is 0. The Morgan fingerprint density at radius 1 is 0.733 bits per heavy atom. The average molecular weight is 417 g/mol. The van der Waals surface area contributed by atoms with Gasteiger partial charge in [0, 0.05) is 16.9 Å². The van der Waals surface area contributed by atoms with Gasteiger partial charge in [0.05, 0.1) is 4.90 Å². The Morgan fingerprint density at radius 3 is 2.07 bits per heavy atom. The molecule has 0 bridgehead atoms. The van der Waals surface area contributed by atoms with Crippen LogP contribution < -0.4 is 10.0 Å². The van der Waals surface area contributed by atoms with E-state index in [0.717, 1.165) is 16.3 Å². The van der Waals surface area contributed by atoms with Gasteiger partial charge in [-0.3, -0.25) is 9.52 Å². The van der Waals surface area contributed by atoms with Crippen LogP contribution in [0, 0.1) is 6.92 Å². The first-order valence-electron chi connectivity index (χ1n) is 9.40. The first-order chi connectivity index (χ1) is 14.4. The highest BCUT2D eigenvalue weighted by molar-refractivity contribution is 7.92. The lowest BCUT2D eigenvalue weighted by molar-refractivity contribution is 0.102. The number of rotatable bonds is 5. The molecule has 30 heavy (non-hydrogen) atoms. The number of sulfonamides is 1. The van der Waals surface area contributed by atoms with Crippen molar-refractivity contribution >= 4 is 38.1 Å². The topological polar surface area (TPSA) is 75.3 Å². The van der Waals surface area contributed by atoms with Crippen molar-refractivity contribution in [2.45, 2.75) is 11.8 Å². The molecule has 0 fully saturated rings. The Balaban J connectivity index is 1.47. The molecule has 0 aliphatic heterocycles. The fourth-order valence-electron chi connectivity index (χ4n) is 3.09. The van der Waals surface area contributed by atoms with Gasteiger partial charge < -0.3 is 5.32 Å². The summed E-state index contributed by atoms with van der Waals surface area (Å²) in [7, 11) is -3.68. The second kappa shape index (κ2) is 8.00. The van der Waals surface area contributed by atoms with Crippen molar-refractivity contribution < 1.29 is 13.2 Å². The third kappa shape index (κ3) is 4.34. The SMILES string of the molecule is Cc1ccc(S(=O)(=O)Nc2ccc(C(=O)Nc3ccc4ccccc4c3)cc2)cc1.